The van der Waals surface area contributed by atoms with Crippen LogP contribution in [0.4, 0.5) is 0 Å². The molecule has 0 aromatic heterocycles. The first-order valence-corrected chi connectivity index (χ1v) is 7.62. The number of hydrogen-bond donors (Lipinski definition) is 0. The van der Waals surface area contributed by atoms with Crippen LogP contribution in [0, 0.1) is 11.8 Å². The van der Waals surface area contributed by atoms with E-state index >= 15 is 0 Å². The van der Waals surface area contributed by atoms with E-state index in [1.165, 1.54) is 25.7 Å². The van der Waals surface area contributed by atoms with Gasteiger partial charge in [0.2, 0.25) is 0 Å². The molecule has 3 rings (SSSR count). The van der Waals surface area contributed by atoms with Crippen molar-refractivity contribution in [1.82, 2.24) is 0 Å². The molecule has 2 aliphatic carbocycles. The molecule has 2 heteroatoms. The van der Waals surface area contributed by atoms with Crippen molar-refractivity contribution in [2.45, 2.75) is 38.5 Å². The van der Waals surface area contributed by atoms with Gasteiger partial charge >= 0.3 is 0 Å². The van der Waals surface area contributed by atoms with Crippen LogP contribution in [0.5, 0.6) is 0 Å². The summed E-state index contributed by atoms with van der Waals surface area (Å²) in [5.41, 5.74) is 2.10. The second kappa shape index (κ2) is 5.50. The third kappa shape index (κ3) is 2.76. The van der Waals surface area contributed by atoms with Crippen molar-refractivity contribution in [3.8, 4) is 0 Å². The normalized spacial score (nSPS) is 26.5. The van der Waals surface area contributed by atoms with E-state index in [1.54, 1.807) is 0 Å². The zero-order valence-corrected chi connectivity index (χ0v) is 11.8. The fraction of sp³-hybridized carbons (Fsp3) is 0.471. The molecule has 0 heterocycles. The molecular formula is C17H19ClO. The minimum absolute atomic E-state index is 0.307. The molecule has 0 spiro atoms. The number of hydrogen-bond acceptors (Lipinski definition) is 1. The zero-order chi connectivity index (χ0) is 13.2. The highest BCUT2D eigenvalue weighted by Crippen LogP contribution is 2.40. The number of benzene rings is 1. The standard InChI is InChI=1S/C17H19ClO/c18-15-8-5-12(6-9-15)11-14-7-10-16(17(14)19)13-3-1-2-4-13/h5-6,8-9,11,13,16H,1-4,7,10H2/b14-11+/t16-/m0/s1. The SMILES string of the molecule is O=C1/C(=C/c2ccc(Cl)cc2)CC[C@H]1C1CCCC1. The molecule has 1 aromatic rings. The van der Waals surface area contributed by atoms with Crippen molar-refractivity contribution in [2.75, 3.05) is 0 Å². The third-order valence-electron chi connectivity index (χ3n) is 4.56. The van der Waals surface area contributed by atoms with Crippen LogP contribution in [0.15, 0.2) is 29.8 Å². The fourth-order valence-corrected chi connectivity index (χ4v) is 3.64. The monoisotopic (exact) mass is 274 g/mol. The third-order valence-corrected chi connectivity index (χ3v) is 4.81. The summed E-state index contributed by atoms with van der Waals surface area (Å²) in [6.07, 6.45) is 9.18. The smallest absolute Gasteiger partial charge is 0.162 e. The molecule has 1 aromatic carbocycles. The first-order chi connectivity index (χ1) is 9.24. The van der Waals surface area contributed by atoms with E-state index in [4.69, 9.17) is 11.6 Å². The van der Waals surface area contributed by atoms with Gasteiger partial charge in [0, 0.05) is 10.9 Å². The summed E-state index contributed by atoms with van der Waals surface area (Å²) >= 11 is 5.88. The number of carbonyl (C=O) groups excluding carboxylic acids is 1. The van der Waals surface area contributed by atoms with Crippen molar-refractivity contribution in [3.63, 3.8) is 0 Å². The van der Waals surface area contributed by atoms with Crippen LogP contribution in [-0.2, 0) is 4.79 Å². The Balaban J connectivity index is 1.75. The van der Waals surface area contributed by atoms with Crippen LogP contribution >= 0.6 is 11.6 Å². The van der Waals surface area contributed by atoms with Gasteiger partial charge in [0.1, 0.15) is 0 Å². The molecule has 0 bridgehead atoms. The highest BCUT2D eigenvalue weighted by Gasteiger charge is 2.36. The van der Waals surface area contributed by atoms with Crippen molar-refractivity contribution < 1.29 is 4.79 Å². The largest absolute Gasteiger partial charge is 0.294 e. The molecule has 1 atom stereocenters. The Morgan fingerprint density at radius 3 is 2.42 bits per heavy atom. The second-order valence-electron chi connectivity index (χ2n) is 5.78. The first-order valence-electron chi connectivity index (χ1n) is 7.24. The van der Waals surface area contributed by atoms with Crippen LogP contribution in [-0.4, -0.2) is 5.78 Å². The molecule has 1 nitrogen and oxygen atoms in total. The molecule has 2 fully saturated rings. The molecular weight excluding hydrogens is 256 g/mol. The number of allylic oxidation sites excluding steroid dienone is 1. The summed E-state index contributed by atoms with van der Waals surface area (Å²) in [6, 6.07) is 7.71. The maximum Gasteiger partial charge on any atom is 0.162 e. The van der Waals surface area contributed by atoms with E-state index in [0.717, 1.165) is 29.0 Å². The minimum atomic E-state index is 0.307. The Labute approximate surface area is 119 Å². The van der Waals surface area contributed by atoms with Crippen LogP contribution < -0.4 is 0 Å². The molecule has 2 aliphatic rings. The quantitative estimate of drug-likeness (QED) is 0.702. The van der Waals surface area contributed by atoms with Gasteiger partial charge in [0.25, 0.3) is 0 Å². The maximum absolute atomic E-state index is 12.5. The van der Waals surface area contributed by atoms with Crippen molar-refractivity contribution in [3.05, 3.63) is 40.4 Å². The first kappa shape index (κ1) is 12.9. The molecule has 0 unspecified atom stereocenters. The van der Waals surface area contributed by atoms with E-state index in [1.807, 2.05) is 30.3 Å². The predicted molar refractivity (Wildman–Crippen MR) is 79.1 cm³/mol. The Morgan fingerprint density at radius 2 is 1.74 bits per heavy atom. The van der Waals surface area contributed by atoms with Crippen LogP contribution in [0.1, 0.15) is 44.1 Å². The molecule has 0 aliphatic heterocycles. The summed E-state index contributed by atoms with van der Waals surface area (Å²) < 4.78 is 0. The van der Waals surface area contributed by atoms with Crippen molar-refractivity contribution in [1.29, 1.82) is 0 Å². The topological polar surface area (TPSA) is 17.1 Å². The van der Waals surface area contributed by atoms with Gasteiger partial charge in [-0.3, -0.25) is 4.79 Å². The van der Waals surface area contributed by atoms with Gasteiger partial charge in [-0.15, -0.1) is 0 Å². The van der Waals surface area contributed by atoms with Gasteiger partial charge in [0.05, 0.1) is 0 Å². The van der Waals surface area contributed by atoms with Crippen LogP contribution in [0.25, 0.3) is 6.08 Å². The molecule has 0 radical (unpaired) electrons. The number of carbonyl (C=O) groups is 1. The van der Waals surface area contributed by atoms with Gasteiger partial charge in [0.15, 0.2) is 5.78 Å². The predicted octanol–water partition coefficient (Wildman–Crippen LogP) is 4.89. The average molecular weight is 275 g/mol. The van der Waals surface area contributed by atoms with E-state index in [9.17, 15) is 4.79 Å². The molecule has 19 heavy (non-hydrogen) atoms. The zero-order valence-electron chi connectivity index (χ0n) is 11.1. The Kier molecular flexibility index (Phi) is 3.74. The van der Waals surface area contributed by atoms with Gasteiger partial charge < -0.3 is 0 Å². The number of rotatable bonds is 2. The summed E-state index contributed by atoms with van der Waals surface area (Å²) in [4.78, 5) is 12.5. The minimum Gasteiger partial charge on any atom is -0.294 e. The maximum atomic E-state index is 12.5. The van der Waals surface area contributed by atoms with Gasteiger partial charge in [-0.05, 0) is 60.9 Å². The van der Waals surface area contributed by atoms with Crippen molar-refractivity contribution >= 4 is 23.5 Å². The lowest BCUT2D eigenvalue weighted by atomic mass is 9.88. The van der Waals surface area contributed by atoms with Crippen LogP contribution in [0.3, 0.4) is 0 Å². The van der Waals surface area contributed by atoms with Gasteiger partial charge in [-0.2, -0.15) is 0 Å². The highest BCUT2D eigenvalue weighted by molar-refractivity contribution is 6.30. The lowest BCUT2D eigenvalue weighted by Crippen LogP contribution is -2.16. The molecule has 0 amide bonds. The van der Waals surface area contributed by atoms with Gasteiger partial charge in [-0.1, -0.05) is 36.6 Å². The fourth-order valence-electron chi connectivity index (χ4n) is 3.52. The number of Topliss-reactive ketones (excluding diaryl/α,β-unsaturated/α-hetero) is 1. The van der Waals surface area contributed by atoms with E-state index in [-0.39, 0.29) is 0 Å². The number of halogens is 1. The van der Waals surface area contributed by atoms with Gasteiger partial charge in [-0.25, -0.2) is 0 Å². The molecule has 0 N–H and O–H groups in total. The lowest BCUT2D eigenvalue weighted by molar-refractivity contribution is -0.119. The van der Waals surface area contributed by atoms with Crippen molar-refractivity contribution in [2.24, 2.45) is 11.8 Å². The van der Waals surface area contributed by atoms with E-state index < -0.39 is 0 Å². The summed E-state index contributed by atoms with van der Waals surface area (Å²) in [6.45, 7) is 0. The van der Waals surface area contributed by atoms with E-state index in [0.29, 0.717) is 17.6 Å². The second-order valence-corrected chi connectivity index (χ2v) is 6.21. The Bertz CT molecular complexity index is 494. The average Bonchev–Trinajstić information content (AvgIpc) is 3.03. The van der Waals surface area contributed by atoms with E-state index in [2.05, 4.69) is 0 Å². The Morgan fingerprint density at radius 1 is 1.05 bits per heavy atom. The Hall–Kier alpha value is -1.08. The molecule has 2 saturated carbocycles. The number of ketones is 1. The van der Waals surface area contributed by atoms with Crippen LogP contribution in [0.2, 0.25) is 5.02 Å². The summed E-state index contributed by atoms with van der Waals surface area (Å²) in [7, 11) is 0. The molecule has 100 valence electrons. The highest BCUT2D eigenvalue weighted by atomic mass is 35.5. The summed E-state index contributed by atoms with van der Waals surface area (Å²) in [5, 5.41) is 0.740. The molecule has 0 saturated heterocycles. The summed E-state index contributed by atoms with van der Waals surface area (Å²) in [5.74, 6) is 1.37. The lowest BCUT2D eigenvalue weighted by Gasteiger charge is -2.15.